The van der Waals surface area contributed by atoms with Crippen molar-refractivity contribution in [2.24, 2.45) is 0 Å². The lowest BCUT2D eigenvalue weighted by Crippen LogP contribution is -3.00. The second-order valence-electron chi connectivity index (χ2n) is 4.60. The molecular weight excluding hydrogens is 334 g/mol. The maximum absolute atomic E-state index is 5.37. The van der Waals surface area contributed by atoms with Crippen molar-refractivity contribution in [2.75, 3.05) is 21.3 Å². The van der Waals surface area contributed by atoms with Crippen LogP contribution in [0.25, 0.3) is 0 Å². The minimum absolute atomic E-state index is 0. The number of ether oxygens (including phenoxy) is 3. The Morgan fingerprint density at radius 3 is 2.05 bits per heavy atom. The largest absolute Gasteiger partial charge is 1.00 e. The van der Waals surface area contributed by atoms with Gasteiger partial charge in [0.05, 0.1) is 27.8 Å². The maximum atomic E-state index is 5.37. The van der Waals surface area contributed by atoms with Crippen LogP contribution < -0.4 is 36.2 Å². The second-order valence-corrected chi connectivity index (χ2v) is 4.60. The number of nitrogens with one attached hydrogen (secondary N) is 1. The lowest BCUT2D eigenvalue weighted by atomic mass is 10.1. The van der Waals surface area contributed by atoms with E-state index in [1.165, 1.54) is 5.56 Å². The van der Waals surface area contributed by atoms with E-state index in [4.69, 9.17) is 14.2 Å². The van der Waals surface area contributed by atoms with Gasteiger partial charge in [-0.15, -0.1) is 0 Å². The molecule has 2 rings (SSSR count). The number of hydrogen-bond donors (Lipinski definition) is 0. The van der Waals surface area contributed by atoms with Crippen LogP contribution in [0.1, 0.15) is 16.8 Å². The number of hydrogen-bond acceptors (Lipinski definition) is 3. The molecule has 0 aliphatic heterocycles. The van der Waals surface area contributed by atoms with Crippen molar-refractivity contribution in [3.63, 3.8) is 0 Å². The van der Waals surface area contributed by atoms with Crippen molar-refractivity contribution >= 4 is 0 Å². The molecule has 0 fully saturated rings. The minimum Gasteiger partial charge on any atom is -1.00 e. The van der Waals surface area contributed by atoms with Crippen LogP contribution in [0.3, 0.4) is 0 Å². The number of halogens is 1. The van der Waals surface area contributed by atoms with E-state index in [0.29, 0.717) is 17.2 Å². The molecule has 0 saturated heterocycles. The maximum Gasteiger partial charge on any atom is 0.203 e. The van der Waals surface area contributed by atoms with Crippen LogP contribution in [0, 0.1) is 6.92 Å². The molecule has 0 aliphatic rings. The number of aryl methyl sites for hydroxylation is 1. The van der Waals surface area contributed by atoms with Crippen LogP contribution in [-0.4, -0.2) is 21.3 Å². The number of aromatic nitrogens is 1. The van der Waals surface area contributed by atoms with Crippen molar-refractivity contribution in [1.29, 1.82) is 0 Å². The monoisotopic (exact) mass is 353 g/mol. The number of aromatic amines is 1. The lowest BCUT2D eigenvalue weighted by Gasteiger charge is -2.13. The molecule has 0 bridgehead atoms. The molecule has 0 saturated carbocycles. The number of methoxy groups -OCH3 is 3. The van der Waals surface area contributed by atoms with Gasteiger partial charge in [0.2, 0.25) is 5.75 Å². The van der Waals surface area contributed by atoms with Gasteiger partial charge in [0.25, 0.3) is 0 Å². The first-order chi connectivity index (χ1) is 9.67. The molecule has 5 heteroatoms. The Bertz CT molecular complexity index is 577. The Hall–Kier alpha value is -1.75. The summed E-state index contributed by atoms with van der Waals surface area (Å²) in [5.41, 5.74) is 3.46. The summed E-state index contributed by atoms with van der Waals surface area (Å²) in [5.74, 6) is 1.97. The summed E-state index contributed by atoms with van der Waals surface area (Å²) in [7, 11) is 4.86. The Morgan fingerprint density at radius 2 is 1.57 bits per heavy atom. The molecular formula is C16H20BrNO3. The van der Waals surface area contributed by atoms with Crippen LogP contribution >= 0.6 is 0 Å². The van der Waals surface area contributed by atoms with Crippen LogP contribution in [0.2, 0.25) is 0 Å². The molecule has 1 aromatic heterocycles. The molecule has 0 spiro atoms. The predicted molar refractivity (Wildman–Crippen MR) is 76.6 cm³/mol. The van der Waals surface area contributed by atoms with E-state index >= 15 is 0 Å². The highest BCUT2D eigenvalue weighted by Gasteiger charge is 2.14. The zero-order valence-corrected chi connectivity index (χ0v) is 14.3. The van der Waals surface area contributed by atoms with Crippen molar-refractivity contribution < 1.29 is 36.2 Å². The SMILES string of the molecule is COc1cc(Cc2cc(C)cc[nH+]2)cc(OC)c1OC.[Br-]. The molecule has 1 N–H and O–H groups in total. The normalized spacial score (nSPS) is 9.71. The van der Waals surface area contributed by atoms with Crippen LogP contribution in [-0.2, 0) is 6.42 Å². The molecule has 1 heterocycles. The molecule has 114 valence electrons. The third kappa shape index (κ3) is 4.11. The zero-order chi connectivity index (χ0) is 14.5. The summed E-state index contributed by atoms with van der Waals surface area (Å²) in [6.45, 7) is 2.08. The van der Waals surface area contributed by atoms with Crippen LogP contribution in [0.5, 0.6) is 17.2 Å². The molecule has 0 amide bonds. The lowest BCUT2D eigenvalue weighted by molar-refractivity contribution is -0.389. The first kappa shape index (κ1) is 17.3. The highest BCUT2D eigenvalue weighted by atomic mass is 79.9. The van der Waals surface area contributed by atoms with E-state index in [0.717, 1.165) is 17.7 Å². The number of benzene rings is 1. The van der Waals surface area contributed by atoms with Crippen LogP contribution in [0.4, 0.5) is 0 Å². The smallest absolute Gasteiger partial charge is 0.203 e. The Labute approximate surface area is 135 Å². The summed E-state index contributed by atoms with van der Waals surface area (Å²) in [5, 5.41) is 0. The standard InChI is InChI=1S/C16H19NO3.BrH/c1-11-5-6-17-13(7-11)8-12-9-14(18-2)16(20-4)15(10-12)19-3;/h5-7,9-10H,8H2,1-4H3;1H. The van der Waals surface area contributed by atoms with Gasteiger partial charge in [-0.05, 0) is 30.2 Å². The summed E-state index contributed by atoms with van der Waals surface area (Å²) >= 11 is 0. The van der Waals surface area contributed by atoms with Gasteiger partial charge in [-0.25, -0.2) is 4.98 Å². The second kappa shape index (κ2) is 7.88. The Kier molecular flexibility index (Phi) is 6.49. The Morgan fingerprint density at radius 1 is 0.952 bits per heavy atom. The highest BCUT2D eigenvalue weighted by molar-refractivity contribution is 5.54. The van der Waals surface area contributed by atoms with Gasteiger partial charge in [-0.2, -0.15) is 0 Å². The van der Waals surface area contributed by atoms with Crippen molar-refractivity contribution in [3.05, 3.63) is 47.3 Å². The molecule has 2 aromatic rings. The van der Waals surface area contributed by atoms with Crippen molar-refractivity contribution in [2.45, 2.75) is 13.3 Å². The zero-order valence-electron chi connectivity index (χ0n) is 12.7. The Balaban J connectivity index is 0.00000220. The van der Waals surface area contributed by atoms with Gasteiger partial charge in [0.15, 0.2) is 23.4 Å². The topological polar surface area (TPSA) is 41.8 Å². The third-order valence-corrected chi connectivity index (χ3v) is 3.14. The third-order valence-electron chi connectivity index (χ3n) is 3.14. The van der Waals surface area contributed by atoms with E-state index in [1.54, 1.807) is 21.3 Å². The fraction of sp³-hybridized carbons (Fsp3) is 0.312. The van der Waals surface area contributed by atoms with Crippen LogP contribution in [0.15, 0.2) is 30.5 Å². The summed E-state index contributed by atoms with van der Waals surface area (Å²) in [4.78, 5) is 3.25. The fourth-order valence-corrected chi connectivity index (χ4v) is 2.20. The number of pyridine rings is 1. The fourth-order valence-electron chi connectivity index (χ4n) is 2.20. The average Bonchev–Trinajstić information content (AvgIpc) is 2.46. The molecule has 0 unspecified atom stereocenters. The first-order valence-electron chi connectivity index (χ1n) is 6.44. The quantitative estimate of drug-likeness (QED) is 0.722. The summed E-state index contributed by atoms with van der Waals surface area (Å²) in [6, 6.07) is 8.11. The van der Waals surface area contributed by atoms with E-state index in [1.807, 2.05) is 24.4 Å². The molecule has 1 aromatic carbocycles. The van der Waals surface area contributed by atoms with Gasteiger partial charge in [-0.1, -0.05) is 0 Å². The van der Waals surface area contributed by atoms with Gasteiger partial charge in [-0.3, -0.25) is 0 Å². The molecule has 4 nitrogen and oxygen atoms in total. The van der Waals surface area contributed by atoms with Crippen molar-refractivity contribution in [3.8, 4) is 17.2 Å². The van der Waals surface area contributed by atoms with Crippen molar-refractivity contribution in [1.82, 2.24) is 0 Å². The summed E-state index contributed by atoms with van der Waals surface area (Å²) < 4.78 is 16.1. The van der Waals surface area contributed by atoms with E-state index < -0.39 is 0 Å². The highest BCUT2D eigenvalue weighted by Crippen LogP contribution is 2.38. The molecule has 21 heavy (non-hydrogen) atoms. The van der Waals surface area contributed by atoms with Gasteiger partial charge < -0.3 is 31.2 Å². The molecule has 0 radical (unpaired) electrons. The number of rotatable bonds is 5. The summed E-state index contributed by atoms with van der Waals surface area (Å²) in [6.07, 6.45) is 2.72. The molecule has 0 aliphatic carbocycles. The average molecular weight is 354 g/mol. The van der Waals surface area contributed by atoms with Gasteiger partial charge >= 0.3 is 0 Å². The van der Waals surface area contributed by atoms with E-state index in [9.17, 15) is 0 Å². The first-order valence-corrected chi connectivity index (χ1v) is 6.44. The minimum atomic E-state index is 0. The number of H-pyrrole nitrogens is 1. The molecule has 0 atom stereocenters. The van der Waals surface area contributed by atoms with Gasteiger partial charge in [0, 0.05) is 12.1 Å². The van der Waals surface area contributed by atoms with E-state index in [-0.39, 0.29) is 17.0 Å². The van der Waals surface area contributed by atoms with Gasteiger partial charge in [0.1, 0.15) is 0 Å². The van der Waals surface area contributed by atoms with E-state index in [2.05, 4.69) is 18.0 Å². The predicted octanol–water partition coefficient (Wildman–Crippen LogP) is -0.570.